The van der Waals surface area contributed by atoms with E-state index in [1.807, 2.05) is 44.4 Å². The van der Waals surface area contributed by atoms with Gasteiger partial charge in [-0.25, -0.2) is 4.68 Å². The molecule has 0 aliphatic heterocycles. The lowest BCUT2D eigenvalue weighted by molar-refractivity contribution is 0.0793. The molecule has 0 radical (unpaired) electrons. The van der Waals surface area contributed by atoms with Gasteiger partial charge in [0, 0.05) is 19.8 Å². The lowest BCUT2D eigenvalue weighted by atomic mass is 10.3. The minimum absolute atomic E-state index is 0.00304. The maximum Gasteiger partial charge on any atom is 0.256 e. The predicted molar refractivity (Wildman–Crippen MR) is 79.1 cm³/mol. The fraction of sp³-hybridized carbons (Fsp3) is 0.333. The van der Waals surface area contributed by atoms with Crippen LogP contribution < -0.4 is 5.32 Å². The fourth-order valence-corrected chi connectivity index (χ4v) is 1.97. The lowest BCUT2D eigenvalue weighted by Crippen LogP contribution is -2.29. The molecule has 106 valence electrons. The number of hydrogen-bond acceptors (Lipinski definition) is 3. The van der Waals surface area contributed by atoms with Crippen molar-refractivity contribution < 1.29 is 4.79 Å². The quantitative estimate of drug-likeness (QED) is 0.812. The number of carbonyl (C=O) groups is 1. The maximum absolute atomic E-state index is 12.2. The van der Waals surface area contributed by atoms with Gasteiger partial charge in [-0.15, -0.1) is 0 Å². The van der Waals surface area contributed by atoms with Crippen molar-refractivity contribution in [2.45, 2.75) is 6.42 Å². The summed E-state index contributed by atoms with van der Waals surface area (Å²) in [4.78, 5) is 14.0. The minimum Gasteiger partial charge on any atom is -0.342 e. The van der Waals surface area contributed by atoms with Gasteiger partial charge in [0.25, 0.3) is 5.91 Å². The number of hydrogen-bond donors (Lipinski definition) is 1. The molecule has 0 aliphatic carbocycles. The van der Waals surface area contributed by atoms with Gasteiger partial charge in [0.05, 0.1) is 17.4 Å². The number of amides is 1. The smallest absolute Gasteiger partial charge is 0.256 e. The highest BCUT2D eigenvalue weighted by Gasteiger charge is 2.13. The molecule has 0 unspecified atom stereocenters. The summed E-state index contributed by atoms with van der Waals surface area (Å²) in [5.41, 5.74) is 1.56. The first-order valence-corrected chi connectivity index (χ1v) is 6.72. The highest BCUT2D eigenvalue weighted by Crippen LogP contribution is 2.09. The van der Waals surface area contributed by atoms with E-state index in [0.29, 0.717) is 5.56 Å². The Morgan fingerprint density at radius 3 is 2.80 bits per heavy atom. The number of carbonyl (C=O) groups excluding carboxylic acids is 1. The lowest BCUT2D eigenvalue weighted by Gasteiger charge is -2.15. The first-order valence-electron chi connectivity index (χ1n) is 6.72. The molecule has 0 bridgehead atoms. The third-order valence-corrected chi connectivity index (χ3v) is 3.12. The summed E-state index contributed by atoms with van der Waals surface area (Å²) < 4.78 is 1.72. The van der Waals surface area contributed by atoms with Crippen LogP contribution in [0, 0.1) is 0 Å². The van der Waals surface area contributed by atoms with E-state index in [-0.39, 0.29) is 5.91 Å². The summed E-state index contributed by atoms with van der Waals surface area (Å²) in [7, 11) is 3.73. The average molecular weight is 272 g/mol. The topological polar surface area (TPSA) is 50.2 Å². The largest absolute Gasteiger partial charge is 0.342 e. The van der Waals surface area contributed by atoms with Crippen LogP contribution >= 0.6 is 0 Å². The van der Waals surface area contributed by atoms with Gasteiger partial charge in [-0.05, 0) is 32.1 Å². The molecular formula is C15H20N4O. The summed E-state index contributed by atoms with van der Waals surface area (Å²) in [6.45, 7) is 1.64. The maximum atomic E-state index is 12.2. The molecule has 0 spiro atoms. The van der Waals surface area contributed by atoms with Crippen molar-refractivity contribution in [1.29, 1.82) is 0 Å². The molecule has 0 atom stereocenters. The summed E-state index contributed by atoms with van der Waals surface area (Å²) in [6, 6.07) is 9.76. The molecule has 5 nitrogen and oxygen atoms in total. The standard InChI is InChI=1S/C15H20N4O/c1-16-9-6-10-18(2)15(20)13-11-17-19(12-13)14-7-4-3-5-8-14/h3-5,7-8,11-12,16H,6,9-10H2,1-2H3. The van der Waals surface area contributed by atoms with E-state index in [1.54, 1.807) is 22.0 Å². The van der Waals surface area contributed by atoms with Gasteiger partial charge >= 0.3 is 0 Å². The first-order chi connectivity index (χ1) is 9.72. The highest BCUT2D eigenvalue weighted by atomic mass is 16.2. The Bertz CT molecular complexity index is 550. The SMILES string of the molecule is CNCCCN(C)C(=O)c1cnn(-c2ccccc2)c1. The molecule has 1 aromatic carbocycles. The Kier molecular flexibility index (Phi) is 4.90. The number of para-hydroxylation sites is 1. The van der Waals surface area contributed by atoms with E-state index in [4.69, 9.17) is 0 Å². The van der Waals surface area contributed by atoms with Crippen molar-refractivity contribution in [1.82, 2.24) is 20.0 Å². The second-order valence-electron chi connectivity index (χ2n) is 4.69. The molecule has 1 heterocycles. The Morgan fingerprint density at radius 1 is 1.35 bits per heavy atom. The van der Waals surface area contributed by atoms with Crippen LogP contribution in [0.4, 0.5) is 0 Å². The molecule has 2 aromatic rings. The Hall–Kier alpha value is -2.14. The van der Waals surface area contributed by atoms with Crippen LogP contribution in [-0.2, 0) is 0 Å². The fourth-order valence-electron chi connectivity index (χ4n) is 1.97. The zero-order valence-electron chi connectivity index (χ0n) is 11.9. The van der Waals surface area contributed by atoms with Gasteiger partial charge in [0.15, 0.2) is 0 Å². The zero-order chi connectivity index (χ0) is 14.4. The molecule has 0 fully saturated rings. The van der Waals surface area contributed by atoms with Crippen molar-refractivity contribution in [3.63, 3.8) is 0 Å². The Morgan fingerprint density at radius 2 is 2.10 bits per heavy atom. The van der Waals surface area contributed by atoms with Crippen LogP contribution in [0.3, 0.4) is 0 Å². The molecule has 20 heavy (non-hydrogen) atoms. The van der Waals surface area contributed by atoms with Crippen molar-refractivity contribution in [3.05, 3.63) is 48.3 Å². The van der Waals surface area contributed by atoms with Crippen molar-refractivity contribution >= 4 is 5.91 Å². The molecular weight excluding hydrogens is 252 g/mol. The Labute approximate surface area is 119 Å². The number of benzene rings is 1. The molecule has 1 aromatic heterocycles. The van der Waals surface area contributed by atoms with Crippen LogP contribution in [0.5, 0.6) is 0 Å². The predicted octanol–water partition coefficient (Wildman–Crippen LogP) is 1.55. The van der Waals surface area contributed by atoms with Gasteiger partial charge < -0.3 is 10.2 Å². The third-order valence-electron chi connectivity index (χ3n) is 3.12. The van der Waals surface area contributed by atoms with Gasteiger partial charge in [-0.3, -0.25) is 4.79 Å². The summed E-state index contributed by atoms with van der Waals surface area (Å²) in [6.07, 6.45) is 4.32. The third kappa shape index (κ3) is 3.45. The van der Waals surface area contributed by atoms with E-state index in [0.717, 1.165) is 25.2 Å². The number of aromatic nitrogens is 2. The van der Waals surface area contributed by atoms with E-state index < -0.39 is 0 Å². The molecule has 1 N–H and O–H groups in total. The van der Waals surface area contributed by atoms with Crippen LogP contribution in [0.25, 0.3) is 5.69 Å². The first kappa shape index (κ1) is 14.3. The van der Waals surface area contributed by atoms with Gasteiger partial charge in [0.1, 0.15) is 0 Å². The van der Waals surface area contributed by atoms with Gasteiger partial charge in [-0.1, -0.05) is 18.2 Å². The summed E-state index contributed by atoms with van der Waals surface area (Å²) in [5, 5.41) is 7.32. The molecule has 5 heteroatoms. The molecule has 1 amide bonds. The van der Waals surface area contributed by atoms with Crippen LogP contribution in [0.15, 0.2) is 42.7 Å². The van der Waals surface area contributed by atoms with Crippen molar-refractivity contribution in [2.24, 2.45) is 0 Å². The normalized spacial score (nSPS) is 10.5. The Balaban J connectivity index is 2.03. The monoisotopic (exact) mass is 272 g/mol. The van der Waals surface area contributed by atoms with E-state index in [9.17, 15) is 4.79 Å². The summed E-state index contributed by atoms with van der Waals surface area (Å²) >= 11 is 0. The molecule has 0 saturated carbocycles. The van der Waals surface area contributed by atoms with E-state index in [2.05, 4.69) is 10.4 Å². The molecule has 0 saturated heterocycles. The minimum atomic E-state index is 0.00304. The molecule has 2 rings (SSSR count). The summed E-state index contributed by atoms with van der Waals surface area (Å²) in [5.74, 6) is 0.00304. The second kappa shape index (κ2) is 6.86. The second-order valence-corrected chi connectivity index (χ2v) is 4.69. The van der Waals surface area contributed by atoms with Gasteiger partial charge in [0.2, 0.25) is 0 Å². The highest BCUT2D eigenvalue weighted by molar-refractivity contribution is 5.93. The molecule has 0 aliphatic rings. The zero-order valence-corrected chi connectivity index (χ0v) is 11.9. The average Bonchev–Trinajstić information content (AvgIpc) is 2.97. The van der Waals surface area contributed by atoms with Gasteiger partial charge in [-0.2, -0.15) is 5.10 Å². The number of rotatable bonds is 6. The van der Waals surface area contributed by atoms with Crippen LogP contribution in [0.2, 0.25) is 0 Å². The van der Waals surface area contributed by atoms with Crippen LogP contribution in [-0.4, -0.2) is 47.8 Å². The van der Waals surface area contributed by atoms with E-state index >= 15 is 0 Å². The number of nitrogens with one attached hydrogen (secondary N) is 1. The number of nitrogens with zero attached hydrogens (tertiary/aromatic N) is 3. The van der Waals surface area contributed by atoms with Crippen molar-refractivity contribution in [2.75, 3.05) is 27.2 Å². The van der Waals surface area contributed by atoms with E-state index in [1.165, 1.54) is 0 Å². The van der Waals surface area contributed by atoms with Crippen molar-refractivity contribution in [3.8, 4) is 5.69 Å². The van der Waals surface area contributed by atoms with Crippen LogP contribution in [0.1, 0.15) is 16.8 Å².